The molecule has 0 atom stereocenters. The molecule has 1 aliphatic rings. The molecule has 1 saturated carbocycles. The van der Waals surface area contributed by atoms with E-state index in [2.05, 4.69) is 19.1 Å². The van der Waals surface area contributed by atoms with Crippen molar-refractivity contribution < 1.29 is 14.3 Å². The molecule has 3 heteroatoms. The molecular formula is C26H30O3. The Morgan fingerprint density at radius 2 is 1.66 bits per heavy atom. The van der Waals surface area contributed by atoms with Gasteiger partial charge in [0.05, 0.1) is 0 Å². The summed E-state index contributed by atoms with van der Waals surface area (Å²) in [5.74, 6) is 0.809. The lowest BCUT2D eigenvalue weighted by molar-refractivity contribution is -0.136. The van der Waals surface area contributed by atoms with Gasteiger partial charge in [0, 0.05) is 11.6 Å². The highest BCUT2D eigenvalue weighted by Crippen LogP contribution is 2.37. The minimum absolute atomic E-state index is 0.176. The van der Waals surface area contributed by atoms with E-state index in [0.29, 0.717) is 11.5 Å². The summed E-state index contributed by atoms with van der Waals surface area (Å²) >= 11 is 0. The first kappa shape index (κ1) is 21.0. The van der Waals surface area contributed by atoms with E-state index in [1.807, 2.05) is 42.5 Å². The molecule has 0 aromatic heterocycles. The summed E-state index contributed by atoms with van der Waals surface area (Å²) in [5.41, 5.74) is 2.82. The summed E-state index contributed by atoms with van der Waals surface area (Å²) in [4.78, 5) is 24.1. The molecule has 3 nitrogen and oxygen atoms in total. The van der Waals surface area contributed by atoms with E-state index < -0.39 is 5.97 Å². The van der Waals surface area contributed by atoms with Gasteiger partial charge < -0.3 is 4.74 Å². The zero-order valence-electron chi connectivity index (χ0n) is 17.2. The molecule has 0 radical (unpaired) electrons. The van der Waals surface area contributed by atoms with Crippen molar-refractivity contribution in [3.05, 3.63) is 77.4 Å². The largest absolute Gasteiger partial charge is 0.454 e. The van der Waals surface area contributed by atoms with Crippen LogP contribution in [0.1, 0.15) is 72.9 Å². The molecule has 2 aromatic carbocycles. The van der Waals surface area contributed by atoms with Crippen molar-refractivity contribution in [1.82, 2.24) is 0 Å². The van der Waals surface area contributed by atoms with Crippen LogP contribution in [0.3, 0.4) is 0 Å². The molecule has 0 spiro atoms. The van der Waals surface area contributed by atoms with Gasteiger partial charge in [0.2, 0.25) is 0 Å². The van der Waals surface area contributed by atoms with Gasteiger partial charge in [-0.25, -0.2) is 4.79 Å². The van der Waals surface area contributed by atoms with Gasteiger partial charge in [0.15, 0.2) is 12.4 Å². The van der Waals surface area contributed by atoms with Gasteiger partial charge in [0.25, 0.3) is 0 Å². The molecule has 29 heavy (non-hydrogen) atoms. The fourth-order valence-corrected chi connectivity index (χ4v) is 4.13. The maximum atomic E-state index is 12.3. The fraction of sp³-hybridized carbons (Fsp3) is 0.385. The van der Waals surface area contributed by atoms with E-state index in [9.17, 15) is 9.59 Å². The first-order chi connectivity index (χ1) is 14.2. The van der Waals surface area contributed by atoms with Crippen LogP contribution in [-0.4, -0.2) is 18.4 Å². The lowest BCUT2D eigenvalue weighted by Gasteiger charge is -2.28. The highest BCUT2D eigenvalue weighted by Gasteiger charge is 2.22. The molecule has 0 unspecified atom stereocenters. The number of Topliss-reactive ketones (excluding diaryl/α,β-unsaturated/α-hetero) is 1. The van der Waals surface area contributed by atoms with Gasteiger partial charge in [0.1, 0.15) is 0 Å². The third-order valence-electron chi connectivity index (χ3n) is 5.80. The SMILES string of the molecule is CCCC1CCC(c2ccc(C(=O)COC(=O)/C=C/c3ccccc3)cc2)CC1. The number of benzene rings is 2. The Balaban J connectivity index is 1.46. The van der Waals surface area contributed by atoms with Gasteiger partial charge in [-0.2, -0.15) is 0 Å². The second-order valence-corrected chi connectivity index (χ2v) is 7.90. The Bertz CT molecular complexity index is 813. The molecule has 0 bridgehead atoms. The molecule has 0 aliphatic heterocycles. The van der Waals surface area contributed by atoms with E-state index in [0.717, 1.165) is 11.5 Å². The Labute approximate surface area is 173 Å². The van der Waals surface area contributed by atoms with E-state index in [1.54, 1.807) is 6.08 Å². The highest BCUT2D eigenvalue weighted by molar-refractivity contribution is 5.98. The van der Waals surface area contributed by atoms with Crippen LogP contribution in [0.2, 0.25) is 0 Å². The van der Waals surface area contributed by atoms with Crippen LogP contribution in [0.15, 0.2) is 60.7 Å². The van der Waals surface area contributed by atoms with E-state index in [-0.39, 0.29) is 12.4 Å². The normalized spacial score (nSPS) is 19.2. The topological polar surface area (TPSA) is 43.4 Å². The number of hydrogen-bond acceptors (Lipinski definition) is 3. The van der Waals surface area contributed by atoms with Crippen molar-refractivity contribution in [2.45, 2.75) is 51.4 Å². The predicted octanol–water partition coefficient (Wildman–Crippen LogP) is 6.20. The lowest BCUT2D eigenvalue weighted by Crippen LogP contribution is -2.14. The second kappa shape index (κ2) is 10.8. The fourth-order valence-electron chi connectivity index (χ4n) is 4.13. The van der Waals surface area contributed by atoms with Crippen LogP contribution < -0.4 is 0 Å². The number of rotatable bonds is 8. The number of ketones is 1. The van der Waals surface area contributed by atoms with Crippen LogP contribution in [0.4, 0.5) is 0 Å². The van der Waals surface area contributed by atoms with Crippen LogP contribution >= 0.6 is 0 Å². The van der Waals surface area contributed by atoms with Crippen molar-refractivity contribution in [3.8, 4) is 0 Å². The molecule has 1 fully saturated rings. The summed E-state index contributed by atoms with van der Waals surface area (Å²) < 4.78 is 5.09. The monoisotopic (exact) mass is 390 g/mol. The summed E-state index contributed by atoms with van der Waals surface area (Å²) in [6, 6.07) is 17.4. The van der Waals surface area contributed by atoms with E-state index in [4.69, 9.17) is 4.74 Å². The molecular weight excluding hydrogens is 360 g/mol. The lowest BCUT2D eigenvalue weighted by atomic mass is 9.77. The quantitative estimate of drug-likeness (QED) is 0.306. The molecule has 1 aliphatic carbocycles. The van der Waals surface area contributed by atoms with Gasteiger partial charge >= 0.3 is 5.97 Å². The number of hydrogen-bond donors (Lipinski definition) is 0. The number of ether oxygens (including phenoxy) is 1. The van der Waals surface area contributed by atoms with Gasteiger partial charge in [-0.05, 0) is 54.7 Å². The Morgan fingerprint density at radius 3 is 2.31 bits per heavy atom. The molecule has 3 rings (SSSR count). The molecule has 152 valence electrons. The van der Waals surface area contributed by atoms with Crippen molar-refractivity contribution in [1.29, 1.82) is 0 Å². The van der Waals surface area contributed by atoms with Gasteiger partial charge in [-0.1, -0.05) is 74.4 Å². The summed E-state index contributed by atoms with van der Waals surface area (Å²) in [7, 11) is 0. The first-order valence-electron chi connectivity index (χ1n) is 10.7. The highest BCUT2D eigenvalue weighted by atomic mass is 16.5. The van der Waals surface area contributed by atoms with Gasteiger partial charge in [-0.15, -0.1) is 0 Å². The summed E-state index contributed by atoms with van der Waals surface area (Å²) in [6.07, 6.45) is 10.7. The van der Waals surface area contributed by atoms with Crippen molar-refractivity contribution in [2.75, 3.05) is 6.61 Å². The Kier molecular flexibility index (Phi) is 7.80. The third-order valence-corrected chi connectivity index (χ3v) is 5.80. The van der Waals surface area contributed by atoms with Gasteiger partial charge in [-0.3, -0.25) is 4.79 Å². The zero-order chi connectivity index (χ0) is 20.5. The van der Waals surface area contributed by atoms with E-state index >= 15 is 0 Å². The Hall–Kier alpha value is -2.68. The van der Waals surface area contributed by atoms with Crippen LogP contribution in [-0.2, 0) is 9.53 Å². The Morgan fingerprint density at radius 1 is 0.966 bits per heavy atom. The van der Waals surface area contributed by atoms with Crippen LogP contribution in [0, 0.1) is 5.92 Å². The standard InChI is InChI=1S/C26H30O3/c1-2-6-20-9-12-22(13-10-20)23-14-16-24(17-15-23)25(27)19-29-26(28)18-11-21-7-4-3-5-8-21/h3-5,7-8,11,14-18,20,22H,2,6,9-10,12-13,19H2,1H3/b18-11+. The minimum atomic E-state index is -0.511. The first-order valence-corrected chi connectivity index (χ1v) is 10.7. The maximum absolute atomic E-state index is 12.3. The summed E-state index contributed by atoms with van der Waals surface area (Å²) in [6.45, 7) is 2.03. The number of esters is 1. The van der Waals surface area contributed by atoms with Crippen molar-refractivity contribution >= 4 is 17.8 Å². The number of carbonyl (C=O) groups is 2. The summed E-state index contributed by atoms with van der Waals surface area (Å²) in [5, 5.41) is 0. The van der Waals surface area contributed by atoms with E-state index in [1.165, 1.54) is 50.2 Å². The molecule has 2 aromatic rings. The third kappa shape index (κ3) is 6.42. The predicted molar refractivity (Wildman–Crippen MR) is 117 cm³/mol. The maximum Gasteiger partial charge on any atom is 0.331 e. The minimum Gasteiger partial charge on any atom is -0.454 e. The average Bonchev–Trinajstić information content (AvgIpc) is 2.77. The zero-order valence-corrected chi connectivity index (χ0v) is 17.2. The smallest absolute Gasteiger partial charge is 0.331 e. The van der Waals surface area contributed by atoms with Crippen molar-refractivity contribution in [2.24, 2.45) is 5.92 Å². The molecule has 0 heterocycles. The molecule has 0 amide bonds. The van der Waals surface area contributed by atoms with Crippen molar-refractivity contribution in [3.63, 3.8) is 0 Å². The average molecular weight is 391 g/mol. The molecule has 0 N–H and O–H groups in total. The second-order valence-electron chi connectivity index (χ2n) is 7.90. The van der Waals surface area contributed by atoms with Crippen LogP contribution in [0.25, 0.3) is 6.08 Å². The van der Waals surface area contributed by atoms with Crippen LogP contribution in [0.5, 0.6) is 0 Å². The number of carbonyl (C=O) groups excluding carboxylic acids is 2. The molecule has 0 saturated heterocycles.